The maximum Gasteiger partial charge on any atom is 0.222 e. The molecule has 4 nitrogen and oxygen atoms in total. The molecule has 1 aromatic heterocycles. The first-order valence-corrected chi connectivity index (χ1v) is 6.76. The summed E-state index contributed by atoms with van der Waals surface area (Å²) in [6, 6.07) is 0. The first-order valence-electron chi connectivity index (χ1n) is 5.68. The number of unbranched alkanes of at least 4 members (excludes halogenated alkanes) is 3. The Hall–Kier alpha value is -0.590. The van der Waals surface area contributed by atoms with Gasteiger partial charge < -0.3 is 11.1 Å². The molecule has 0 aromatic carbocycles. The number of nitrogens with zero attached hydrogens (tertiary/aromatic N) is 2. The van der Waals surface area contributed by atoms with Gasteiger partial charge >= 0.3 is 0 Å². The van der Waals surface area contributed by atoms with E-state index >= 15 is 0 Å². The van der Waals surface area contributed by atoms with Crippen molar-refractivity contribution in [2.24, 2.45) is 0 Å². The molecule has 1 heterocycles. The molecule has 0 saturated heterocycles. The van der Waals surface area contributed by atoms with Crippen LogP contribution in [0.25, 0.3) is 0 Å². The Morgan fingerprint density at radius 3 is 2.69 bits per heavy atom. The molecular formula is C11H19IN4. The van der Waals surface area contributed by atoms with E-state index in [0.29, 0.717) is 5.95 Å². The Morgan fingerprint density at radius 2 is 2.00 bits per heavy atom. The number of nitrogens with one attached hydrogen (secondary N) is 1. The largest absolute Gasteiger partial charge is 0.369 e. The molecule has 16 heavy (non-hydrogen) atoms. The van der Waals surface area contributed by atoms with E-state index < -0.39 is 0 Å². The van der Waals surface area contributed by atoms with Gasteiger partial charge in [0.15, 0.2) is 0 Å². The number of rotatable bonds is 6. The lowest BCUT2D eigenvalue weighted by atomic mass is 10.2. The SMILES string of the molecule is CCCCCCNc1nc(N)nc(C)c1I. The monoisotopic (exact) mass is 334 g/mol. The lowest BCUT2D eigenvalue weighted by molar-refractivity contribution is 0.684. The predicted octanol–water partition coefficient (Wildman–Crippen LogP) is 2.96. The van der Waals surface area contributed by atoms with Gasteiger partial charge in [-0.15, -0.1) is 0 Å². The molecule has 0 atom stereocenters. The summed E-state index contributed by atoms with van der Waals surface area (Å²) >= 11 is 2.25. The van der Waals surface area contributed by atoms with Crippen molar-refractivity contribution in [3.05, 3.63) is 9.26 Å². The van der Waals surface area contributed by atoms with Gasteiger partial charge in [-0.25, -0.2) is 4.98 Å². The molecule has 0 radical (unpaired) electrons. The van der Waals surface area contributed by atoms with Crippen LogP contribution in [0.15, 0.2) is 0 Å². The van der Waals surface area contributed by atoms with Gasteiger partial charge in [0.2, 0.25) is 5.95 Å². The molecule has 0 unspecified atom stereocenters. The Kier molecular flexibility index (Phi) is 5.79. The summed E-state index contributed by atoms with van der Waals surface area (Å²) in [5.41, 5.74) is 6.55. The first kappa shape index (κ1) is 13.5. The molecule has 0 fully saturated rings. The topological polar surface area (TPSA) is 63.8 Å². The normalized spacial score (nSPS) is 10.4. The van der Waals surface area contributed by atoms with Crippen LogP contribution in [-0.2, 0) is 0 Å². The highest BCUT2D eigenvalue weighted by atomic mass is 127. The van der Waals surface area contributed by atoms with Crippen LogP contribution in [0.2, 0.25) is 0 Å². The molecule has 0 saturated carbocycles. The van der Waals surface area contributed by atoms with E-state index in [-0.39, 0.29) is 0 Å². The zero-order valence-electron chi connectivity index (χ0n) is 9.89. The van der Waals surface area contributed by atoms with Gasteiger partial charge in [-0.05, 0) is 35.9 Å². The molecule has 0 bridgehead atoms. The summed E-state index contributed by atoms with van der Waals surface area (Å²) in [6.45, 7) is 5.11. The van der Waals surface area contributed by atoms with Crippen molar-refractivity contribution in [3.8, 4) is 0 Å². The number of nitrogen functional groups attached to an aromatic ring is 1. The molecule has 0 aliphatic carbocycles. The molecule has 0 spiro atoms. The van der Waals surface area contributed by atoms with E-state index in [1.165, 1.54) is 25.7 Å². The van der Waals surface area contributed by atoms with Gasteiger partial charge in [-0.3, -0.25) is 0 Å². The Labute approximate surface area is 111 Å². The second-order valence-corrected chi connectivity index (χ2v) is 4.90. The van der Waals surface area contributed by atoms with Crippen molar-refractivity contribution in [1.82, 2.24) is 9.97 Å². The van der Waals surface area contributed by atoms with E-state index in [1.807, 2.05) is 6.92 Å². The number of aromatic nitrogens is 2. The summed E-state index contributed by atoms with van der Waals surface area (Å²) in [5.74, 6) is 1.20. The van der Waals surface area contributed by atoms with Crippen LogP contribution in [0, 0.1) is 10.5 Å². The van der Waals surface area contributed by atoms with E-state index in [0.717, 1.165) is 21.6 Å². The molecule has 0 aliphatic heterocycles. The smallest absolute Gasteiger partial charge is 0.222 e. The van der Waals surface area contributed by atoms with E-state index in [1.54, 1.807) is 0 Å². The molecule has 1 rings (SSSR count). The molecule has 3 N–H and O–H groups in total. The maximum atomic E-state index is 5.61. The third-order valence-corrected chi connectivity index (χ3v) is 3.65. The highest BCUT2D eigenvalue weighted by Crippen LogP contribution is 2.19. The fraction of sp³-hybridized carbons (Fsp3) is 0.636. The number of nitrogens with two attached hydrogens (primary N) is 1. The lowest BCUT2D eigenvalue weighted by Gasteiger charge is -2.09. The number of halogens is 1. The average Bonchev–Trinajstić information content (AvgIpc) is 2.24. The van der Waals surface area contributed by atoms with Gasteiger partial charge in [-0.1, -0.05) is 26.2 Å². The number of hydrogen-bond acceptors (Lipinski definition) is 4. The van der Waals surface area contributed by atoms with Crippen LogP contribution in [-0.4, -0.2) is 16.5 Å². The van der Waals surface area contributed by atoms with E-state index in [2.05, 4.69) is 44.8 Å². The quantitative estimate of drug-likeness (QED) is 0.620. The molecular weight excluding hydrogens is 315 g/mol. The third-order valence-electron chi connectivity index (χ3n) is 2.36. The fourth-order valence-corrected chi connectivity index (χ4v) is 1.89. The Morgan fingerprint density at radius 1 is 1.25 bits per heavy atom. The van der Waals surface area contributed by atoms with Crippen molar-refractivity contribution in [2.75, 3.05) is 17.6 Å². The summed E-state index contributed by atoms with van der Waals surface area (Å²) in [6.07, 6.45) is 4.99. The minimum atomic E-state index is 0.342. The molecule has 0 aliphatic rings. The minimum absolute atomic E-state index is 0.342. The Balaban J connectivity index is 2.47. The van der Waals surface area contributed by atoms with Crippen LogP contribution >= 0.6 is 22.6 Å². The van der Waals surface area contributed by atoms with Crippen LogP contribution < -0.4 is 11.1 Å². The number of aryl methyl sites for hydroxylation is 1. The van der Waals surface area contributed by atoms with Crippen LogP contribution in [0.3, 0.4) is 0 Å². The van der Waals surface area contributed by atoms with E-state index in [9.17, 15) is 0 Å². The maximum absolute atomic E-state index is 5.61. The molecule has 5 heteroatoms. The summed E-state index contributed by atoms with van der Waals surface area (Å²) < 4.78 is 1.06. The summed E-state index contributed by atoms with van der Waals surface area (Å²) in [5, 5.41) is 3.31. The van der Waals surface area contributed by atoms with Crippen LogP contribution in [0.5, 0.6) is 0 Å². The number of hydrogen-bond donors (Lipinski definition) is 2. The van der Waals surface area contributed by atoms with Gasteiger partial charge in [0.25, 0.3) is 0 Å². The van der Waals surface area contributed by atoms with Gasteiger partial charge in [0.05, 0.1) is 9.26 Å². The number of anilines is 2. The molecule has 0 amide bonds. The summed E-state index contributed by atoms with van der Waals surface area (Å²) in [4.78, 5) is 8.31. The van der Waals surface area contributed by atoms with Gasteiger partial charge in [-0.2, -0.15) is 4.98 Å². The average molecular weight is 334 g/mol. The fourth-order valence-electron chi connectivity index (χ4n) is 1.46. The summed E-state index contributed by atoms with van der Waals surface area (Å²) in [7, 11) is 0. The van der Waals surface area contributed by atoms with Crippen molar-refractivity contribution < 1.29 is 0 Å². The lowest BCUT2D eigenvalue weighted by Crippen LogP contribution is -2.09. The minimum Gasteiger partial charge on any atom is -0.369 e. The zero-order chi connectivity index (χ0) is 12.0. The van der Waals surface area contributed by atoms with Crippen molar-refractivity contribution >= 4 is 34.4 Å². The van der Waals surface area contributed by atoms with Crippen molar-refractivity contribution in [1.29, 1.82) is 0 Å². The Bertz CT molecular complexity index is 341. The molecule has 1 aromatic rings. The van der Waals surface area contributed by atoms with Crippen LogP contribution in [0.4, 0.5) is 11.8 Å². The second-order valence-electron chi connectivity index (χ2n) is 3.82. The second kappa shape index (κ2) is 6.88. The first-order chi connectivity index (χ1) is 7.65. The third kappa shape index (κ3) is 4.11. The zero-order valence-corrected chi connectivity index (χ0v) is 12.0. The van der Waals surface area contributed by atoms with Crippen molar-refractivity contribution in [3.63, 3.8) is 0 Å². The van der Waals surface area contributed by atoms with Gasteiger partial charge in [0.1, 0.15) is 5.82 Å². The van der Waals surface area contributed by atoms with E-state index in [4.69, 9.17) is 5.73 Å². The standard InChI is InChI=1S/C11H19IN4/c1-3-4-5-6-7-14-10-9(12)8(2)15-11(13)16-10/h3-7H2,1-2H3,(H3,13,14,15,16). The highest BCUT2D eigenvalue weighted by molar-refractivity contribution is 14.1. The van der Waals surface area contributed by atoms with Crippen molar-refractivity contribution in [2.45, 2.75) is 39.5 Å². The van der Waals surface area contributed by atoms with Crippen LogP contribution in [0.1, 0.15) is 38.3 Å². The molecule has 90 valence electrons. The highest BCUT2D eigenvalue weighted by Gasteiger charge is 2.06. The van der Waals surface area contributed by atoms with Gasteiger partial charge in [0, 0.05) is 6.54 Å². The predicted molar refractivity (Wildman–Crippen MR) is 76.5 cm³/mol.